The number of nitrogens with one attached hydrogen (secondary N) is 1. The molecule has 0 fully saturated rings. The molecule has 0 saturated heterocycles. The van der Waals surface area contributed by atoms with Crippen LogP contribution in [-0.2, 0) is 0 Å². The van der Waals surface area contributed by atoms with Crippen molar-refractivity contribution in [2.45, 2.75) is 0 Å². The topological polar surface area (TPSA) is 45.1 Å². The SMILES string of the molecule is Oc1ccccc1Nc1nccc2ccccc12. The summed E-state index contributed by atoms with van der Waals surface area (Å²) in [4.78, 5) is 4.32. The van der Waals surface area contributed by atoms with Gasteiger partial charge in [0, 0.05) is 11.6 Å². The van der Waals surface area contributed by atoms with Crippen LogP contribution in [0.1, 0.15) is 0 Å². The average Bonchev–Trinajstić information content (AvgIpc) is 2.42. The van der Waals surface area contributed by atoms with Gasteiger partial charge < -0.3 is 10.4 Å². The molecule has 1 aromatic heterocycles. The Hall–Kier alpha value is -2.55. The lowest BCUT2D eigenvalue weighted by Gasteiger charge is -2.09. The van der Waals surface area contributed by atoms with E-state index in [0.717, 1.165) is 16.6 Å². The standard InChI is InChI=1S/C15H12N2O/c18-14-8-4-3-7-13(14)17-15-12-6-2-1-5-11(12)9-10-16-15/h1-10,18H,(H,16,17). The number of pyridine rings is 1. The molecule has 0 aliphatic carbocycles. The van der Waals surface area contributed by atoms with Crippen molar-refractivity contribution in [2.75, 3.05) is 5.32 Å². The van der Waals surface area contributed by atoms with Crippen molar-refractivity contribution in [1.82, 2.24) is 4.98 Å². The van der Waals surface area contributed by atoms with Crippen molar-refractivity contribution < 1.29 is 5.11 Å². The van der Waals surface area contributed by atoms with Gasteiger partial charge in [0.1, 0.15) is 11.6 Å². The highest BCUT2D eigenvalue weighted by Crippen LogP contribution is 2.28. The van der Waals surface area contributed by atoms with E-state index in [-0.39, 0.29) is 5.75 Å². The molecule has 0 atom stereocenters. The number of aromatic nitrogens is 1. The van der Waals surface area contributed by atoms with E-state index in [4.69, 9.17) is 0 Å². The van der Waals surface area contributed by atoms with Gasteiger partial charge in [0.2, 0.25) is 0 Å². The summed E-state index contributed by atoms with van der Waals surface area (Å²) in [6.07, 6.45) is 1.75. The Morgan fingerprint density at radius 2 is 1.67 bits per heavy atom. The minimum absolute atomic E-state index is 0.215. The Balaban J connectivity index is 2.08. The molecule has 0 radical (unpaired) electrons. The number of benzene rings is 2. The maximum atomic E-state index is 9.75. The molecule has 2 N–H and O–H groups in total. The van der Waals surface area contributed by atoms with E-state index in [2.05, 4.69) is 10.3 Å². The number of anilines is 2. The highest BCUT2D eigenvalue weighted by Gasteiger charge is 2.04. The van der Waals surface area contributed by atoms with Crippen LogP contribution >= 0.6 is 0 Å². The normalized spacial score (nSPS) is 10.4. The van der Waals surface area contributed by atoms with Crippen molar-refractivity contribution in [1.29, 1.82) is 0 Å². The van der Waals surface area contributed by atoms with Crippen LogP contribution in [0.25, 0.3) is 10.8 Å². The van der Waals surface area contributed by atoms with E-state index in [1.54, 1.807) is 18.3 Å². The van der Waals surface area contributed by atoms with Crippen LogP contribution in [0.5, 0.6) is 5.75 Å². The van der Waals surface area contributed by atoms with Crippen LogP contribution in [-0.4, -0.2) is 10.1 Å². The smallest absolute Gasteiger partial charge is 0.139 e. The highest BCUT2D eigenvalue weighted by molar-refractivity contribution is 5.93. The fourth-order valence-corrected chi connectivity index (χ4v) is 1.93. The summed E-state index contributed by atoms with van der Waals surface area (Å²) < 4.78 is 0. The first-order valence-electron chi connectivity index (χ1n) is 5.73. The second kappa shape index (κ2) is 4.37. The molecular weight excluding hydrogens is 224 g/mol. The minimum Gasteiger partial charge on any atom is -0.506 e. The zero-order valence-corrected chi connectivity index (χ0v) is 9.67. The molecule has 3 nitrogen and oxygen atoms in total. The van der Waals surface area contributed by atoms with Crippen LogP contribution in [0.4, 0.5) is 11.5 Å². The van der Waals surface area contributed by atoms with Gasteiger partial charge in [-0.15, -0.1) is 0 Å². The Morgan fingerprint density at radius 3 is 2.56 bits per heavy atom. The first kappa shape index (κ1) is 10.6. The molecule has 0 bridgehead atoms. The first-order chi connectivity index (χ1) is 8.84. The molecule has 1 heterocycles. The lowest BCUT2D eigenvalue weighted by Crippen LogP contribution is -1.94. The lowest BCUT2D eigenvalue weighted by molar-refractivity contribution is 0.478. The van der Waals surface area contributed by atoms with Crippen molar-refractivity contribution in [3.8, 4) is 5.75 Å². The number of phenols is 1. The molecule has 3 heteroatoms. The summed E-state index contributed by atoms with van der Waals surface area (Å²) >= 11 is 0. The van der Waals surface area contributed by atoms with Crippen LogP contribution in [0.2, 0.25) is 0 Å². The van der Waals surface area contributed by atoms with Gasteiger partial charge in [-0.25, -0.2) is 4.98 Å². The van der Waals surface area contributed by atoms with Crippen molar-refractivity contribution >= 4 is 22.3 Å². The second-order valence-electron chi connectivity index (χ2n) is 4.02. The van der Waals surface area contributed by atoms with E-state index in [1.165, 1.54) is 0 Å². The molecule has 3 rings (SSSR count). The number of hydrogen-bond acceptors (Lipinski definition) is 3. The third-order valence-electron chi connectivity index (χ3n) is 2.83. The minimum atomic E-state index is 0.215. The van der Waals surface area contributed by atoms with Gasteiger partial charge in [-0.05, 0) is 23.6 Å². The predicted molar refractivity (Wildman–Crippen MR) is 73.1 cm³/mol. The van der Waals surface area contributed by atoms with Crippen molar-refractivity contribution in [2.24, 2.45) is 0 Å². The van der Waals surface area contributed by atoms with Gasteiger partial charge in [-0.1, -0.05) is 36.4 Å². The van der Waals surface area contributed by atoms with Gasteiger partial charge in [0.25, 0.3) is 0 Å². The molecule has 3 aromatic rings. The van der Waals surface area contributed by atoms with Gasteiger partial charge >= 0.3 is 0 Å². The maximum absolute atomic E-state index is 9.75. The van der Waals surface area contributed by atoms with E-state index in [0.29, 0.717) is 5.69 Å². The molecule has 0 saturated carbocycles. The fourth-order valence-electron chi connectivity index (χ4n) is 1.93. The van der Waals surface area contributed by atoms with E-state index >= 15 is 0 Å². The third kappa shape index (κ3) is 1.86. The zero-order chi connectivity index (χ0) is 12.4. The van der Waals surface area contributed by atoms with Crippen LogP contribution in [0.3, 0.4) is 0 Å². The maximum Gasteiger partial charge on any atom is 0.139 e. The van der Waals surface area contributed by atoms with Crippen LogP contribution < -0.4 is 5.32 Å². The average molecular weight is 236 g/mol. The Kier molecular flexibility index (Phi) is 2.57. The third-order valence-corrected chi connectivity index (χ3v) is 2.83. The summed E-state index contributed by atoms with van der Waals surface area (Å²) in [6.45, 7) is 0. The lowest BCUT2D eigenvalue weighted by atomic mass is 10.1. The highest BCUT2D eigenvalue weighted by atomic mass is 16.3. The Labute approximate surface area is 105 Å². The molecule has 0 aliphatic rings. The van der Waals surface area contributed by atoms with Gasteiger partial charge in [0.15, 0.2) is 0 Å². The molecular formula is C15H12N2O. The molecule has 88 valence electrons. The quantitative estimate of drug-likeness (QED) is 0.667. The largest absolute Gasteiger partial charge is 0.506 e. The summed E-state index contributed by atoms with van der Waals surface area (Å²) in [6, 6.07) is 17.1. The number of phenolic OH excluding ortho intramolecular Hbond substituents is 1. The molecule has 0 amide bonds. The van der Waals surface area contributed by atoms with Crippen LogP contribution in [0.15, 0.2) is 60.8 Å². The number of aromatic hydroxyl groups is 1. The molecule has 0 aliphatic heterocycles. The summed E-state index contributed by atoms with van der Waals surface area (Å²) in [7, 11) is 0. The summed E-state index contributed by atoms with van der Waals surface area (Å²) in [5.41, 5.74) is 0.654. The molecule has 0 spiro atoms. The number of hydrogen-bond donors (Lipinski definition) is 2. The monoisotopic (exact) mass is 236 g/mol. The zero-order valence-electron chi connectivity index (χ0n) is 9.67. The predicted octanol–water partition coefficient (Wildman–Crippen LogP) is 3.68. The molecule has 18 heavy (non-hydrogen) atoms. The Morgan fingerprint density at radius 1 is 0.889 bits per heavy atom. The van der Waals surface area contributed by atoms with Gasteiger partial charge in [-0.3, -0.25) is 0 Å². The number of para-hydroxylation sites is 2. The fraction of sp³-hybridized carbons (Fsp3) is 0. The van der Waals surface area contributed by atoms with Gasteiger partial charge in [0.05, 0.1) is 5.69 Å². The molecule has 0 unspecified atom stereocenters. The van der Waals surface area contributed by atoms with Gasteiger partial charge in [-0.2, -0.15) is 0 Å². The van der Waals surface area contributed by atoms with Crippen molar-refractivity contribution in [3.05, 3.63) is 60.8 Å². The first-order valence-corrected chi connectivity index (χ1v) is 5.73. The molecule has 2 aromatic carbocycles. The Bertz CT molecular complexity index is 689. The van der Waals surface area contributed by atoms with E-state index in [1.807, 2.05) is 42.5 Å². The summed E-state index contributed by atoms with van der Waals surface area (Å²) in [5, 5.41) is 15.1. The van der Waals surface area contributed by atoms with E-state index < -0.39 is 0 Å². The number of nitrogens with zero attached hydrogens (tertiary/aromatic N) is 1. The second-order valence-corrected chi connectivity index (χ2v) is 4.02. The van der Waals surface area contributed by atoms with Crippen LogP contribution in [0, 0.1) is 0 Å². The summed E-state index contributed by atoms with van der Waals surface area (Å²) in [5.74, 6) is 0.960. The van der Waals surface area contributed by atoms with Crippen molar-refractivity contribution in [3.63, 3.8) is 0 Å². The number of rotatable bonds is 2. The van der Waals surface area contributed by atoms with E-state index in [9.17, 15) is 5.11 Å². The number of fused-ring (bicyclic) bond motifs is 1.